The number of benzene rings is 2. The Balaban J connectivity index is 1.72. The molecule has 38 heavy (non-hydrogen) atoms. The molecule has 0 amide bonds. The number of aryl methyl sites for hydroxylation is 2. The van der Waals surface area contributed by atoms with E-state index in [1.165, 1.54) is 24.3 Å². The number of unbranched alkanes of at least 4 members (excludes halogenated alkanes) is 3. The van der Waals surface area contributed by atoms with Crippen LogP contribution in [0, 0.1) is 6.92 Å². The van der Waals surface area contributed by atoms with Crippen molar-refractivity contribution < 1.29 is 18.3 Å². The number of rotatable bonds is 12. The zero-order valence-corrected chi connectivity index (χ0v) is 22.6. The van der Waals surface area contributed by atoms with Crippen LogP contribution in [-0.4, -0.2) is 39.7 Å². The molecular weight excluding hydrogens is 506 g/mol. The fraction of sp³-hybridized carbons (Fsp3) is 0.370. The molecule has 2 aromatic heterocycles. The van der Waals surface area contributed by atoms with Crippen LogP contribution < -0.4 is 15.0 Å². The summed E-state index contributed by atoms with van der Waals surface area (Å²) in [7, 11) is -3.91. The molecule has 0 unspecified atom stereocenters. The summed E-state index contributed by atoms with van der Waals surface area (Å²) in [5, 5.41) is 14.1. The van der Waals surface area contributed by atoms with Crippen molar-refractivity contribution in [3.05, 3.63) is 69.9 Å². The number of aromatic nitrogens is 4. The van der Waals surface area contributed by atoms with Gasteiger partial charge in [-0.05, 0) is 56.2 Å². The van der Waals surface area contributed by atoms with Crippen molar-refractivity contribution in [2.45, 2.75) is 64.3 Å². The summed E-state index contributed by atoms with van der Waals surface area (Å²) >= 11 is 0. The smallest absolute Gasteiger partial charge is 0.277 e. The van der Waals surface area contributed by atoms with Gasteiger partial charge in [0.25, 0.3) is 5.56 Å². The van der Waals surface area contributed by atoms with Crippen LogP contribution in [0.15, 0.2) is 52.2 Å². The van der Waals surface area contributed by atoms with Gasteiger partial charge >= 0.3 is 0 Å². The summed E-state index contributed by atoms with van der Waals surface area (Å²) in [5.74, 6) is 1.38. The molecule has 0 radical (unpaired) electrons. The molecule has 0 saturated heterocycles. The quantitative estimate of drug-likeness (QED) is 0.230. The lowest BCUT2D eigenvalue weighted by molar-refractivity contribution is 0.341. The van der Waals surface area contributed by atoms with Gasteiger partial charge in [-0.25, -0.2) is 22.6 Å². The predicted octanol–water partition coefficient (Wildman–Crippen LogP) is 4.10. The summed E-state index contributed by atoms with van der Waals surface area (Å²) in [6.45, 7) is 6.13. The van der Waals surface area contributed by atoms with E-state index in [2.05, 4.69) is 26.7 Å². The van der Waals surface area contributed by atoms with E-state index in [1.807, 2.05) is 6.92 Å². The molecule has 11 heteroatoms. The third-order valence-electron chi connectivity index (χ3n) is 6.22. The van der Waals surface area contributed by atoms with Gasteiger partial charge in [-0.2, -0.15) is 0 Å². The first-order valence-electron chi connectivity index (χ1n) is 12.8. The lowest BCUT2D eigenvalue weighted by Gasteiger charge is -2.13. The van der Waals surface area contributed by atoms with Gasteiger partial charge in [-0.15, -0.1) is 5.10 Å². The summed E-state index contributed by atoms with van der Waals surface area (Å²) in [5.41, 5.74) is 1.64. The molecule has 10 nitrogen and oxygen atoms in total. The minimum atomic E-state index is -3.91. The molecule has 202 valence electrons. The highest BCUT2D eigenvalue weighted by Gasteiger charge is 2.21. The summed E-state index contributed by atoms with van der Waals surface area (Å²) < 4.78 is 36.1. The molecule has 2 heterocycles. The Kier molecular flexibility index (Phi) is 8.48. The van der Waals surface area contributed by atoms with E-state index < -0.39 is 10.0 Å². The van der Waals surface area contributed by atoms with Crippen molar-refractivity contribution in [1.29, 1.82) is 0 Å². The number of H-pyrrole nitrogens is 1. The molecule has 0 aliphatic carbocycles. The van der Waals surface area contributed by atoms with Crippen molar-refractivity contribution in [1.82, 2.24) is 24.3 Å². The fourth-order valence-corrected chi connectivity index (χ4v) is 5.29. The minimum Gasteiger partial charge on any atom is -0.508 e. The van der Waals surface area contributed by atoms with E-state index in [1.54, 1.807) is 29.6 Å². The lowest BCUT2D eigenvalue weighted by Crippen LogP contribution is -2.23. The Hall–Kier alpha value is -3.70. The monoisotopic (exact) mass is 539 g/mol. The number of phenolic OH excluding ortho intramolecular Hbond substituents is 1. The standard InChI is InChI=1S/C27H33N5O5S/c1-4-6-7-8-9-24-29-18(3)25-27(34)30-26(31-32(24)25)22-16-21(14-15-23(22)37-5-2)38(35,36)28-17-19-10-12-20(33)13-11-19/h10-16,28,33H,4-9,17H2,1-3H3,(H,30,31,34). The first-order valence-corrected chi connectivity index (χ1v) is 14.2. The highest BCUT2D eigenvalue weighted by Crippen LogP contribution is 2.30. The Morgan fingerprint density at radius 2 is 1.84 bits per heavy atom. The number of nitrogens with one attached hydrogen (secondary N) is 2. The van der Waals surface area contributed by atoms with Crippen LogP contribution in [0.1, 0.15) is 56.6 Å². The van der Waals surface area contributed by atoms with Crippen LogP contribution in [0.5, 0.6) is 11.5 Å². The molecule has 0 aliphatic heterocycles. The number of fused-ring (bicyclic) bond motifs is 1. The SMILES string of the molecule is CCCCCCc1nc(C)c2c(=O)[nH]c(-c3cc(S(=O)(=O)NCc4ccc(O)cc4)ccc3OCC)nn12. The minimum absolute atomic E-state index is 0.000854. The number of hydrogen-bond acceptors (Lipinski definition) is 7. The average molecular weight is 540 g/mol. The number of ether oxygens (including phenoxy) is 1. The number of imidazole rings is 1. The van der Waals surface area contributed by atoms with Gasteiger partial charge in [0, 0.05) is 13.0 Å². The molecule has 0 spiro atoms. The lowest BCUT2D eigenvalue weighted by atomic mass is 10.1. The summed E-state index contributed by atoms with van der Waals surface area (Å²) in [6, 6.07) is 10.7. The van der Waals surface area contributed by atoms with Gasteiger partial charge in [-0.1, -0.05) is 38.3 Å². The van der Waals surface area contributed by atoms with Crippen molar-refractivity contribution in [3.8, 4) is 22.9 Å². The van der Waals surface area contributed by atoms with Crippen LogP contribution >= 0.6 is 0 Å². The van der Waals surface area contributed by atoms with Crippen molar-refractivity contribution >= 4 is 15.5 Å². The van der Waals surface area contributed by atoms with Crippen molar-refractivity contribution in [2.24, 2.45) is 0 Å². The average Bonchev–Trinajstić information content (AvgIpc) is 3.22. The van der Waals surface area contributed by atoms with E-state index in [0.717, 1.165) is 25.7 Å². The number of hydrogen-bond donors (Lipinski definition) is 3. The molecule has 0 atom stereocenters. The zero-order chi connectivity index (χ0) is 27.3. The van der Waals surface area contributed by atoms with Crippen molar-refractivity contribution in [3.63, 3.8) is 0 Å². The van der Waals surface area contributed by atoms with Crippen LogP contribution in [-0.2, 0) is 23.0 Å². The van der Waals surface area contributed by atoms with Gasteiger partial charge < -0.3 is 14.8 Å². The molecule has 0 fully saturated rings. The largest absolute Gasteiger partial charge is 0.508 e. The number of aromatic amines is 1. The maximum atomic E-state index is 13.1. The second kappa shape index (κ2) is 11.8. The molecule has 0 aliphatic rings. The van der Waals surface area contributed by atoms with Crippen LogP contribution in [0.3, 0.4) is 0 Å². The number of nitrogens with zero attached hydrogens (tertiary/aromatic N) is 3. The topological polar surface area (TPSA) is 139 Å². The third-order valence-corrected chi connectivity index (χ3v) is 7.61. The molecule has 0 saturated carbocycles. The molecule has 3 N–H and O–H groups in total. The predicted molar refractivity (Wildman–Crippen MR) is 145 cm³/mol. The summed E-state index contributed by atoms with van der Waals surface area (Å²) in [6.07, 6.45) is 4.92. The Bertz CT molecular complexity index is 1580. The van der Waals surface area contributed by atoms with Crippen LogP contribution in [0.4, 0.5) is 0 Å². The van der Waals surface area contributed by atoms with Crippen LogP contribution in [0.25, 0.3) is 16.9 Å². The molecule has 0 bridgehead atoms. The number of phenols is 1. The van der Waals surface area contributed by atoms with Gasteiger partial charge in [0.2, 0.25) is 10.0 Å². The molecule has 4 rings (SSSR count). The summed E-state index contributed by atoms with van der Waals surface area (Å²) in [4.78, 5) is 20.4. The molecular formula is C27H33N5O5S. The van der Waals surface area contributed by atoms with E-state index in [9.17, 15) is 18.3 Å². The Morgan fingerprint density at radius 1 is 1.08 bits per heavy atom. The Morgan fingerprint density at radius 3 is 2.55 bits per heavy atom. The first-order chi connectivity index (χ1) is 18.2. The zero-order valence-electron chi connectivity index (χ0n) is 21.8. The second-order valence-corrected chi connectivity index (χ2v) is 10.8. The van der Waals surface area contributed by atoms with Gasteiger partial charge in [0.1, 0.15) is 17.3 Å². The van der Waals surface area contributed by atoms with Gasteiger partial charge in [-0.3, -0.25) is 4.79 Å². The third kappa shape index (κ3) is 6.05. The number of aromatic hydroxyl groups is 1. The van der Waals surface area contributed by atoms with E-state index in [4.69, 9.17) is 4.74 Å². The van der Waals surface area contributed by atoms with Crippen molar-refractivity contribution in [2.75, 3.05) is 6.61 Å². The molecule has 4 aromatic rings. The van der Waals surface area contributed by atoms with E-state index in [0.29, 0.717) is 46.9 Å². The fourth-order valence-electron chi connectivity index (χ4n) is 4.25. The van der Waals surface area contributed by atoms with E-state index in [-0.39, 0.29) is 28.6 Å². The Labute approximate surface area is 221 Å². The van der Waals surface area contributed by atoms with Crippen LogP contribution in [0.2, 0.25) is 0 Å². The van der Waals surface area contributed by atoms with E-state index >= 15 is 0 Å². The maximum absolute atomic E-state index is 13.1. The van der Waals surface area contributed by atoms with Gasteiger partial charge in [0.15, 0.2) is 11.3 Å². The van der Waals surface area contributed by atoms with Gasteiger partial charge in [0.05, 0.1) is 22.8 Å². The number of sulfonamides is 1. The maximum Gasteiger partial charge on any atom is 0.277 e. The highest BCUT2D eigenvalue weighted by atomic mass is 32.2. The first kappa shape index (κ1) is 27.3. The second-order valence-electron chi connectivity index (χ2n) is 9.07. The molecule has 2 aromatic carbocycles. The normalized spacial score (nSPS) is 11.8. The highest BCUT2D eigenvalue weighted by molar-refractivity contribution is 7.89.